The van der Waals surface area contributed by atoms with E-state index in [1.165, 1.54) is 4.90 Å². The lowest BCUT2D eigenvalue weighted by Crippen LogP contribution is -2.44. The van der Waals surface area contributed by atoms with Crippen molar-refractivity contribution in [2.24, 2.45) is 0 Å². The largest absolute Gasteiger partial charge is 0.325 e. The van der Waals surface area contributed by atoms with Crippen LogP contribution in [0.3, 0.4) is 0 Å². The molecule has 0 radical (unpaired) electrons. The van der Waals surface area contributed by atoms with Crippen molar-refractivity contribution in [1.29, 1.82) is 0 Å². The van der Waals surface area contributed by atoms with Crippen LogP contribution >= 0.6 is 0 Å². The first-order valence-corrected chi connectivity index (χ1v) is 7.66. The maximum absolute atomic E-state index is 12.6. The van der Waals surface area contributed by atoms with Gasteiger partial charge in [0.25, 0.3) is 5.91 Å². The highest BCUT2D eigenvalue weighted by Crippen LogP contribution is 2.35. The number of rotatable bonds is 2. The molecule has 6 heteroatoms. The number of hydrogen-bond acceptors (Lipinski definition) is 3. The molecule has 0 bridgehead atoms. The first-order chi connectivity index (χ1) is 10.6. The summed E-state index contributed by atoms with van der Waals surface area (Å²) in [6.45, 7) is 2.22. The lowest BCUT2D eigenvalue weighted by atomic mass is 9.98. The van der Waals surface area contributed by atoms with Gasteiger partial charge in [0, 0.05) is 12.4 Å². The number of nitrogens with one attached hydrogen (secondary N) is 1. The number of aromatic nitrogens is 2. The first kappa shape index (κ1) is 13.3. The summed E-state index contributed by atoms with van der Waals surface area (Å²) in [5.41, 5.74) is 2.01. The molecule has 1 aliphatic carbocycles. The first-order valence-electron chi connectivity index (χ1n) is 7.66. The van der Waals surface area contributed by atoms with E-state index in [2.05, 4.69) is 10.3 Å². The molecular weight excluding hydrogens is 280 g/mol. The summed E-state index contributed by atoms with van der Waals surface area (Å²) < 4.78 is 1.93. The normalized spacial score (nSPS) is 20.3. The number of nitrogens with zero attached hydrogens (tertiary/aromatic N) is 3. The van der Waals surface area contributed by atoms with Crippen molar-refractivity contribution in [1.82, 2.24) is 19.6 Å². The Morgan fingerprint density at radius 1 is 1.32 bits per heavy atom. The van der Waals surface area contributed by atoms with Crippen LogP contribution in [-0.4, -0.2) is 31.8 Å². The van der Waals surface area contributed by atoms with E-state index in [0.29, 0.717) is 0 Å². The van der Waals surface area contributed by atoms with Crippen LogP contribution in [-0.2, 0) is 11.3 Å². The molecule has 1 aliphatic heterocycles. The summed E-state index contributed by atoms with van der Waals surface area (Å²) in [5.74, 6) is -0.0937. The maximum atomic E-state index is 12.6. The molecule has 2 aromatic heterocycles. The average molecular weight is 298 g/mol. The van der Waals surface area contributed by atoms with Gasteiger partial charge < -0.3 is 9.72 Å². The molecule has 6 nitrogen and oxygen atoms in total. The summed E-state index contributed by atoms with van der Waals surface area (Å²) in [6.07, 6.45) is 7.28. The van der Waals surface area contributed by atoms with Crippen molar-refractivity contribution in [2.75, 3.05) is 0 Å². The Bertz CT molecular complexity index is 774. The Kier molecular flexibility index (Phi) is 2.76. The second kappa shape index (κ2) is 4.56. The smallest absolute Gasteiger partial charge is 0.323 e. The molecule has 0 aromatic carbocycles. The van der Waals surface area contributed by atoms with Gasteiger partial charge in [0.1, 0.15) is 11.2 Å². The fourth-order valence-electron chi connectivity index (χ4n) is 3.58. The van der Waals surface area contributed by atoms with Crippen molar-refractivity contribution in [3.63, 3.8) is 0 Å². The minimum Gasteiger partial charge on any atom is -0.323 e. The third-order valence-corrected chi connectivity index (χ3v) is 4.75. The van der Waals surface area contributed by atoms with E-state index >= 15 is 0 Å². The SMILES string of the molecule is Cc1cccn2cc(CN3C(=O)NC4(CCCC4)C3=O)nc12. The van der Waals surface area contributed by atoms with Crippen LogP contribution in [0.1, 0.15) is 36.9 Å². The molecular formula is C16H18N4O2. The number of hydrogen-bond donors (Lipinski definition) is 1. The summed E-state index contributed by atoms with van der Waals surface area (Å²) in [7, 11) is 0. The molecule has 2 aliphatic rings. The van der Waals surface area contributed by atoms with Crippen molar-refractivity contribution in [2.45, 2.75) is 44.7 Å². The summed E-state index contributed by atoms with van der Waals surface area (Å²) in [4.78, 5) is 30.7. The topological polar surface area (TPSA) is 66.7 Å². The Morgan fingerprint density at radius 3 is 2.82 bits per heavy atom. The summed E-state index contributed by atoms with van der Waals surface area (Å²) in [5, 5.41) is 2.90. The highest BCUT2D eigenvalue weighted by molar-refractivity contribution is 6.07. The van der Waals surface area contributed by atoms with Crippen LogP contribution in [0.5, 0.6) is 0 Å². The van der Waals surface area contributed by atoms with Crippen molar-refractivity contribution < 1.29 is 9.59 Å². The second-order valence-corrected chi connectivity index (χ2v) is 6.26. The highest BCUT2D eigenvalue weighted by atomic mass is 16.2. The zero-order valence-corrected chi connectivity index (χ0v) is 12.5. The third-order valence-electron chi connectivity index (χ3n) is 4.75. The number of pyridine rings is 1. The Labute approximate surface area is 128 Å². The van der Waals surface area contributed by atoms with Crippen LogP contribution in [0.25, 0.3) is 5.65 Å². The number of fused-ring (bicyclic) bond motifs is 1. The fourth-order valence-corrected chi connectivity index (χ4v) is 3.58. The highest BCUT2D eigenvalue weighted by Gasteiger charge is 2.52. The van der Waals surface area contributed by atoms with Crippen LogP contribution < -0.4 is 5.32 Å². The standard InChI is InChI=1S/C16H18N4O2/c1-11-5-4-8-19-9-12(17-13(11)19)10-20-14(21)16(18-15(20)22)6-2-3-7-16/h4-5,8-9H,2-3,6-7,10H2,1H3,(H,18,22). The molecule has 1 N–H and O–H groups in total. The number of imidazole rings is 1. The van der Waals surface area contributed by atoms with E-state index < -0.39 is 5.54 Å². The molecule has 2 aromatic rings. The van der Waals surface area contributed by atoms with Crippen molar-refractivity contribution in [3.8, 4) is 0 Å². The maximum Gasteiger partial charge on any atom is 0.325 e. The zero-order chi connectivity index (χ0) is 15.3. The molecule has 3 amide bonds. The Balaban J connectivity index is 1.63. The van der Waals surface area contributed by atoms with Crippen LogP contribution in [0, 0.1) is 6.92 Å². The Hall–Kier alpha value is -2.37. The van der Waals surface area contributed by atoms with Gasteiger partial charge in [0.2, 0.25) is 0 Å². The molecule has 4 rings (SSSR count). The predicted octanol–water partition coefficient (Wildman–Crippen LogP) is 2.01. The molecule has 0 unspecified atom stereocenters. The van der Waals surface area contributed by atoms with Crippen molar-refractivity contribution in [3.05, 3.63) is 35.8 Å². The predicted molar refractivity (Wildman–Crippen MR) is 80.2 cm³/mol. The van der Waals surface area contributed by atoms with E-state index in [9.17, 15) is 9.59 Å². The number of aryl methyl sites for hydroxylation is 1. The van der Waals surface area contributed by atoms with Gasteiger partial charge >= 0.3 is 6.03 Å². The van der Waals surface area contributed by atoms with Gasteiger partial charge in [0.15, 0.2) is 0 Å². The number of imide groups is 1. The van der Waals surface area contributed by atoms with Crippen LogP contribution in [0.15, 0.2) is 24.5 Å². The minimum absolute atomic E-state index is 0.0937. The molecule has 2 fully saturated rings. The molecule has 1 spiro atoms. The number of carbonyl (C=O) groups is 2. The molecule has 114 valence electrons. The van der Waals surface area contributed by atoms with E-state index in [4.69, 9.17) is 0 Å². The van der Waals surface area contributed by atoms with E-state index in [-0.39, 0.29) is 18.5 Å². The lowest BCUT2D eigenvalue weighted by Gasteiger charge is -2.19. The van der Waals surface area contributed by atoms with E-state index in [0.717, 1.165) is 42.6 Å². The number of urea groups is 1. The lowest BCUT2D eigenvalue weighted by molar-refractivity contribution is -0.131. The molecule has 3 heterocycles. The minimum atomic E-state index is -0.647. The van der Waals surface area contributed by atoms with Crippen LogP contribution in [0.4, 0.5) is 4.79 Å². The summed E-state index contributed by atoms with van der Waals surface area (Å²) >= 11 is 0. The molecule has 1 saturated heterocycles. The van der Waals surface area contributed by atoms with Gasteiger partial charge in [0.05, 0.1) is 12.2 Å². The van der Waals surface area contributed by atoms with Gasteiger partial charge in [-0.15, -0.1) is 0 Å². The number of amides is 3. The monoisotopic (exact) mass is 298 g/mol. The molecule has 1 saturated carbocycles. The van der Waals surface area contributed by atoms with Gasteiger partial charge in [-0.2, -0.15) is 0 Å². The van der Waals surface area contributed by atoms with Gasteiger partial charge in [-0.1, -0.05) is 18.9 Å². The molecule has 22 heavy (non-hydrogen) atoms. The van der Waals surface area contributed by atoms with Gasteiger partial charge in [-0.3, -0.25) is 9.69 Å². The Morgan fingerprint density at radius 2 is 2.09 bits per heavy atom. The van der Waals surface area contributed by atoms with Gasteiger partial charge in [-0.05, 0) is 31.4 Å². The fraction of sp³-hybridized carbons (Fsp3) is 0.438. The van der Waals surface area contributed by atoms with Crippen molar-refractivity contribution >= 4 is 17.6 Å². The quantitative estimate of drug-likeness (QED) is 0.862. The van der Waals surface area contributed by atoms with E-state index in [1.54, 1.807) is 0 Å². The number of carbonyl (C=O) groups excluding carboxylic acids is 2. The van der Waals surface area contributed by atoms with Gasteiger partial charge in [-0.25, -0.2) is 9.78 Å². The second-order valence-electron chi connectivity index (χ2n) is 6.26. The van der Waals surface area contributed by atoms with Crippen LogP contribution in [0.2, 0.25) is 0 Å². The third kappa shape index (κ3) is 1.83. The zero-order valence-electron chi connectivity index (χ0n) is 12.5. The van der Waals surface area contributed by atoms with E-state index in [1.807, 2.05) is 35.9 Å². The average Bonchev–Trinajstić information content (AvgIpc) is 3.16. The molecule has 0 atom stereocenters. The summed E-state index contributed by atoms with van der Waals surface area (Å²) in [6, 6.07) is 3.66.